The molecule has 2 aromatic heterocycles. The maximum absolute atomic E-state index is 14.3. The number of alkyl halides is 2. The average molecular weight is 625 g/mol. The third-order valence-electron chi connectivity index (χ3n) is 8.89. The Labute approximate surface area is 267 Å². The van der Waals surface area contributed by atoms with Gasteiger partial charge in [-0.2, -0.15) is 15.0 Å². The van der Waals surface area contributed by atoms with Gasteiger partial charge >= 0.3 is 0 Å². The number of hydrogen-bond acceptors (Lipinski definition) is 8. The van der Waals surface area contributed by atoms with Gasteiger partial charge in [-0.05, 0) is 48.9 Å². The number of nitrogens with zero attached hydrogens (tertiary/aromatic N) is 7. The molecular weight excluding hydrogens is 586 g/mol. The largest absolute Gasteiger partial charge is 0.378 e. The SMILES string of the molecule is FC(F)c1nc2ccccc2n1-c1nc(N[C@H]2CC[C@H](N(Cc3ccccc3)Cc3ccccc3)CC2)nc(N2CCOCC2)n1. The smallest absolute Gasteiger partial charge is 0.296 e. The molecule has 1 N–H and O–H groups in total. The summed E-state index contributed by atoms with van der Waals surface area (Å²) in [4.78, 5) is 23.0. The average Bonchev–Trinajstić information content (AvgIpc) is 3.50. The first-order valence-electron chi connectivity index (χ1n) is 16.0. The molecule has 11 heteroatoms. The Morgan fingerprint density at radius 1 is 0.739 bits per heavy atom. The maximum Gasteiger partial charge on any atom is 0.296 e. The normalized spacial score (nSPS) is 18.8. The molecule has 1 saturated heterocycles. The summed E-state index contributed by atoms with van der Waals surface area (Å²) in [6, 6.07) is 28.9. The van der Waals surface area contributed by atoms with Gasteiger partial charge in [0.1, 0.15) is 0 Å². The Morgan fingerprint density at radius 3 is 2.00 bits per heavy atom. The van der Waals surface area contributed by atoms with Gasteiger partial charge in [0.25, 0.3) is 6.43 Å². The van der Waals surface area contributed by atoms with Gasteiger partial charge in [0.2, 0.25) is 17.8 Å². The minimum Gasteiger partial charge on any atom is -0.378 e. The molecule has 0 atom stereocenters. The minimum atomic E-state index is -2.79. The Bertz CT molecular complexity index is 1680. The molecule has 3 aromatic carbocycles. The van der Waals surface area contributed by atoms with E-state index in [-0.39, 0.29) is 17.8 Å². The quantitative estimate of drug-likeness (QED) is 0.191. The topological polar surface area (TPSA) is 84.2 Å². The lowest BCUT2D eigenvalue weighted by molar-refractivity contribution is 0.122. The summed E-state index contributed by atoms with van der Waals surface area (Å²) in [7, 11) is 0. The molecule has 46 heavy (non-hydrogen) atoms. The number of morpholine rings is 1. The molecule has 5 aromatic rings. The van der Waals surface area contributed by atoms with Crippen LogP contribution in [0.15, 0.2) is 84.9 Å². The van der Waals surface area contributed by atoms with Crippen LogP contribution < -0.4 is 10.2 Å². The monoisotopic (exact) mass is 624 g/mol. The van der Waals surface area contributed by atoms with Crippen molar-refractivity contribution >= 4 is 22.9 Å². The highest BCUT2D eigenvalue weighted by Gasteiger charge is 2.28. The molecule has 1 aliphatic carbocycles. The second-order valence-corrected chi connectivity index (χ2v) is 12.0. The van der Waals surface area contributed by atoms with Crippen LogP contribution in [-0.4, -0.2) is 67.8 Å². The zero-order valence-electron chi connectivity index (χ0n) is 25.7. The second-order valence-electron chi connectivity index (χ2n) is 12.0. The highest BCUT2D eigenvalue weighted by atomic mass is 19.3. The van der Waals surface area contributed by atoms with Crippen LogP contribution >= 0.6 is 0 Å². The lowest BCUT2D eigenvalue weighted by Gasteiger charge is -2.37. The van der Waals surface area contributed by atoms with Crippen LogP contribution in [0.25, 0.3) is 17.0 Å². The van der Waals surface area contributed by atoms with Gasteiger partial charge in [0.05, 0.1) is 24.2 Å². The zero-order chi connectivity index (χ0) is 31.3. The number of aromatic nitrogens is 5. The summed E-state index contributed by atoms with van der Waals surface area (Å²) >= 11 is 0. The summed E-state index contributed by atoms with van der Waals surface area (Å²) < 4.78 is 35.4. The van der Waals surface area contributed by atoms with Crippen molar-refractivity contribution in [3.8, 4) is 5.95 Å². The van der Waals surface area contributed by atoms with Crippen molar-refractivity contribution in [1.82, 2.24) is 29.4 Å². The molecule has 0 unspecified atom stereocenters. The van der Waals surface area contributed by atoms with Gasteiger partial charge in [0.15, 0.2) is 5.82 Å². The maximum atomic E-state index is 14.3. The number of imidazole rings is 1. The van der Waals surface area contributed by atoms with Crippen LogP contribution in [0.3, 0.4) is 0 Å². The highest BCUT2D eigenvalue weighted by Crippen LogP contribution is 2.30. The summed E-state index contributed by atoms with van der Waals surface area (Å²) in [5.74, 6) is 0.579. The van der Waals surface area contributed by atoms with E-state index in [1.807, 2.05) is 4.90 Å². The summed E-state index contributed by atoms with van der Waals surface area (Å²) in [6.07, 6.45) is 1.13. The highest BCUT2D eigenvalue weighted by molar-refractivity contribution is 5.77. The zero-order valence-corrected chi connectivity index (χ0v) is 25.7. The first-order chi connectivity index (χ1) is 22.6. The number of hydrogen-bond donors (Lipinski definition) is 1. The fourth-order valence-corrected chi connectivity index (χ4v) is 6.54. The molecule has 2 aliphatic rings. The van der Waals surface area contributed by atoms with Crippen LogP contribution in [0.2, 0.25) is 0 Å². The van der Waals surface area contributed by atoms with Gasteiger partial charge in [-0.15, -0.1) is 0 Å². The fraction of sp³-hybridized carbons (Fsp3) is 0.371. The number of rotatable bonds is 10. The first-order valence-corrected chi connectivity index (χ1v) is 16.0. The van der Waals surface area contributed by atoms with E-state index >= 15 is 0 Å². The van der Waals surface area contributed by atoms with Crippen LogP contribution in [0.5, 0.6) is 0 Å². The van der Waals surface area contributed by atoms with E-state index in [9.17, 15) is 8.78 Å². The van der Waals surface area contributed by atoms with E-state index in [0.29, 0.717) is 55.3 Å². The van der Waals surface area contributed by atoms with E-state index in [1.165, 1.54) is 15.7 Å². The third kappa shape index (κ3) is 6.85. The van der Waals surface area contributed by atoms with Crippen molar-refractivity contribution in [2.75, 3.05) is 36.5 Å². The van der Waals surface area contributed by atoms with Crippen LogP contribution in [0.1, 0.15) is 49.1 Å². The van der Waals surface area contributed by atoms with Crippen molar-refractivity contribution in [3.63, 3.8) is 0 Å². The van der Waals surface area contributed by atoms with Gasteiger partial charge < -0.3 is 15.0 Å². The first kappa shape index (κ1) is 30.2. The Morgan fingerprint density at radius 2 is 1.35 bits per heavy atom. The number of halogens is 2. The second kappa shape index (κ2) is 13.9. The molecule has 0 radical (unpaired) electrons. The van der Waals surface area contributed by atoms with Crippen molar-refractivity contribution < 1.29 is 13.5 Å². The summed E-state index contributed by atoms with van der Waals surface area (Å²) in [6.45, 7) is 4.10. The number of para-hydroxylation sites is 2. The predicted octanol–water partition coefficient (Wildman–Crippen LogP) is 6.41. The molecular formula is C35H38F2N8O. The van der Waals surface area contributed by atoms with Crippen molar-refractivity contribution in [2.45, 2.75) is 57.3 Å². The molecule has 0 spiro atoms. The van der Waals surface area contributed by atoms with E-state index in [2.05, 4.69) is 75.9 Å². The van der Waals surface area contributed by atoms with E-state index in [0.717, 1.165) is 38.8 Å². The molecule has 1 saturated carbocycles. The van der Waals surface area contributed by atoms with E-state index in [1.54, 1.807) is 24.3 Å². The lowest BCUT2D eigenvalue weighted by atomic mass is 9.89. The number of benzene rings is 3. The third-order valence-corrected chi connectivity index (χ3v) is 8.89. The van der Waals surface area contributed by atoms with Gasteiger partial charge in [0, 0.05) is 38.3 Å². The van der Waals surface area contributed by atoms with Crippen LogP contribution in [0.4, 0.5) is 20.7 Å². The number of anilines is 2. The lowest BCUT2D eigenvalue weighted by Crippen LogP contribution is -2.40. The van der Waals surface area contributed by atoms with Gasteiger partial charge in [-0.3, -0.25) is 9.47 Å². The Kier molecular flexibility index (Phi) is 9.11. The van der Waals surface area contributed by atoms with Crippen LogP contribution in [-0.2, 0) is 17.8 Å². The molecule has 0 bridgehead atoms. The molecule has 3 heterocycles. The van der Waals surface area contributed by atoms with Gasteiger partial charge in [-0.25, -0.2) is 13.8 Å². The minimum absolute atomic E-state index is 0.133. The number of ether oxygens (including phenoxy) is 1. The summed E-state index contributed by atoms with van der Waals surface area (Å²) in [5.41, 5.74) is 3.61. The molecule has 7 rings (SSSR count). The Balaban J connectivity index is 1.13. The molecule has 2 fully saturated rings. The standard InChI is InChI=1S/C35H38F2N8O/c36-31(37)32-39-29-13-7-8-14-30(29)45(32)35-41-33(40-34(42-35)43-19-21-46-22-20-43)38-27-15-17-28(18-16-27)44(23-25-9-3-1-4-10-25)24-26-11-5-2-6-12-26/h1-14,27-28,31H,15-24H2,(H,38,40,41,42)/t27-,28-. The number of nitrogens with one attached hydrogen (secondary N) is 1. The van der Waals surface area contributed by atoms with Crippen LogP contribution in [0, 0.1) is 0 Å². The molecule has 0 amide bonds. The summed E-state index contributed by atoms with van der Waals surface area (Å²) in [5, 5.41) is 3.56. The van der Waals surface area contributed by atoms with E-state index in [4.69, 9.17) is 19.7 Å². The van der Waals surface area contributed by atoms with Crippen molar-refractivity contribution in [3.05, 3.63) is 102 Å². The molecule has 238 valence electrons. The molecule has 9 nitrogen and oxygen atoms in total. The molecule has 1 aliphatic heterocycles. The van der Waals surface area contributed by atoms with E-state index < -0.39 is 6.43 Å². The van der Waals surface area contributed by atoms with Crippen molar-refractivity contribution in [2.24, 2.45) is 0 Å². The van der Waals surface area contributed by atoms with Gasteiger partial charge in [-0.1, -0.05) is 72.8 Å². The van der Waals surface area contributed by atoms with Crippen molar-refractivity contribution in [1.29, 1.82) is 0 Å². The predicted molar refractivity (Wildman–Crippen MR) is 174 cm³/mol. The Hall–Kier alpha value is -4.48. The fourth-order valence-electron chi connectivity index (χ4n) is 6.54. The number of fused-ring (bicyclic) bond motifs is 1.